The first-order valence-electron chi connectivity index (χ1n) is 8.20. The zero-order valence-electron chi connectivity index (χ0n) is 14.4. The molecule has 2 aromatic carbocycles. The number of halogens is 1. The van der Waals surface area contributed by atoms with E-state index in [4.69, 9.17) is 11.6 Å². The second kappa shape index (κ2) is 8.03. The molecular weight excluding hydrogens is 370 g/mol. The van der Waals surface area contributed by atoms with Gasteiger partial charge in [0, 0.05) is 29.9 Å². The molecule has 1 heterocycles. The number of rotatable bonds is 7. The summed E-state index contributed by atoms with van der Waals surface area (Å²) < 4.78 is 26.6. The maximum atomic E-state index is 12.4. The number of hydrogen-bond acceptors (Lipinski definition) is 4. The summed E-state index contributed by atoms with van der Waals surface area (Å²) in [6, 6.07) is 16.1. The van der Waals surface area contributed by atoms with Gasteiger partial charge in [0.05, 0.1) is 22.5 Å². The lowest BCUT2D eigenvalue weighted by atomic mass is 10.3. The molecule has 0 amide bonds. The largest absolute Gasteiger partial charge is 0.301 e. The highest BCUT2D eigenvalue weighted by Gasteiger charge is 2.15. The van der Waals surface area contributed by atoms with Crippen molar-refractivity contribution in [3.05, 3.63) is 77.6 Å². The molecule has 0 aliphatic carbocycles. The van der Waals surface area contributed by atoms with Crippen LogP contribution in [0.3, 0.4) is 0 Å². The minimum absolute atomic E-state index is 0.0535. The molecule has 3 rings (SSSR count). The molecule has 0 radical (unpaired) electrons. The van der Waals surface area contributed by atoms with E-state index in [0.29, 0.717) is 23.0 Å². The van der Waals surface area contributed by atoms with E-state index in [0.717, 1.165) is 11.3 Å². The van der Waals surface area contributed by atoms with Crippen LogP contribution in [0.5, 0.6) is 0 Å². The fraction of sp³-hybridized carbons (Fsp3) is 0.211. The molecule has 3 aromatic rings. The molecule has 1 aromatic heterocycles. The van der Waals surface area contributed by atoms with Crippen molar-refractivity contribution in [1.29, 1.82) is 0 Å². The van der Waals surface area contributed by atoms with Gasteiger partial charge in [0.1, 0.15) is 0 Å². The molecule has 0 fully saturated rings. The van der Waals surface area contributed by atoms with Crippen LogP contribution in [0.2, 0.25) is 5.02 Å². The lowest BCUT2D eigenvalue weighted by Gasteiger charge is -2.15. The highest BCUT2D eigenvalue weighted by Crippen LogP contribution is 2.16. The lowest BCUT2D eigenvalue weighted by Crippen LogP contribution is -2.25. The first kappa shape index (κ1) is 18.6. The zero-order chi connectivity index (χ0) is 18.6. The van der Waals surface area contributed by atoms with Crippen LogP contribution in [-0.2, 0) is 16.4 Å². The summed E-state index contributed by atoms with van der Waals surface area (Å²) in [5, 5.41) is 4.89. The predicted octanol–water partition coefficient (Wildman–Crippen LogP) is 3.43. The van der Waals surface area contributed by atoms with Gasteiger partial charge in [0.2, 0.25) is 0 Å². The van der Waals surface area contributed by atoms with Crippen molar-refractivity contribution >= 4 is 21.4 Å². The Kier molecular flexibility index (Phi) is 5.76. The minimum Gasteiger partial charge on any atom is -0.301 e. The first-order valence-corrected chi connectivity index (χ1v) is 10.2. The van der Waals surface area contributed by atoms with Gasteiger partial charge in [-0.2, -0.15) is 5.10 Å². The monoisotopic (exact) mass is 389 g/mol. The molecule has 0 aliphatic rings. The number of aromatic nitrogens is 2. The van der Waals surface area contributed by atoms with E-state index in [2.05, 4.69) is 5.10 Å². The van der Waals surface area contributed by atoms with Crippen LogP contribution in [0.15, 0.2) is 71.9 Å². The Morgan fingerprint density at radius 3 is 2.46 bits per heavy atom. The number of hydrogen-bond donors (Lipinski definition) is 0. The van der Waals surface area contributed by atoms with Crippen LogP contribution < -0.4 is 0 Å². The summed E-state index contributed by atoms with van der Waals surface area (Å²) >= 11 is 5.81. The van der Waals surface area contributed by atoms with Crippen molar-refractivity contribution in [2.75, 3.05) is 19.3 Å². The molecule has 0 unspecified atom stereocenters. The summed E-state index contributed by atoms with van der Waals surface area (Å²) in [6.45, 7) is 1.06. The molecular formula is C19H20ClN3O2S. The van der Waals surface area contributed by atoms with Gasteiger partial charge in [-0.25, -0.2) is 13.1 Å². The smallest absolute Gasteiger partial charge is 0.179 e. The SMILES string of the molecule is CN(CCS(=O)(=O)c1ccc(Cl)cc1)Cc1cnn(-c2ccccc2)c1. The van der Waals surface area contributed by atoms with Crippen LogP contribution in [0, 0.1) is 0 Å². The summed E-state index contributed by atoms with van der Waals surface area (Å²) in [7, 11) is -1.42. The third-order valence-corrected chi connectivity index (χ3v) is 5.99. The van der Waals surface area contributed by atoms with Crippen molar-refractivity contribution in [3.8, 4) is 5.69 Å². The van der Waals surface area contributed by atoms with Gasteiger partial charge in [-0.3, -0.25) is 0 Å². The highest BCUT2D eigenvalue weighted by atomic mass is 35.5. The molecule has 0 bridgehead atoms. The number of nitrogens with zero attached hydrogens (tertiary/aromatic N) is 3. The highest BCUT2D eigenvalue weighted by molar-refractivity contribution is 7.91. The van der Waals surface area contributed by atoms with Crippen molar-refractivity contribution < 1.29 is 8.42 Å². The molecule has 7 heteroatoms. The number of benzene rings is 2. The van der Waals surface area contributed by atoms with E-state index in [1.54, 1.807) is 30.5 Å². The third kappa shape index (κ3) is 4.72. The average Bonchev–Trinajstić information content (AvgIpc) is 3.10. The van der Waals surface area contributed by atoms with Crippen molar-refractivity contribution in [2.45, 2.75) is 11.4 Å². The number of sulfone groups is 1. The number of para-hydroxylation sites is 1. The topological polar surface area (TPSA) is 55.2 Å². The van der Waals surface area contributed by atoms with Crippen molar-refractivity contribution in [3.63, 3.8) is 0 Å². The maximum Gasteiger partial charge on any atom is 0.179 e. The van der Waals surface area contributed by atoms with Crippen LogP contribution in [-0.4, -0.2) is 42.4 Å². The average molecular weight is 390 g/mol. The fourth-order valence-electron chi connectivity index (χ4n) is 2.59. The summed E-state index contributed by atoms with van der Waals surface area (Å²) in [5.74, 6) is 0.0535. The van der Waals surface area contributed by atoms with E-state index in [1.807, 2.05) is 53.2 Å². The van der Waals surface area contributed by atoms with Crippen LogP contribution >= 0.6 is 11.6 Å². The van der Waals surface area contributed by atoms with E-state index in [-0.39, 0.29) is 5.75 Å². The van der Waals surface area contributed by atoms with Crippen LogP contribution in [0.25, 0.3) is 5.69 Å². The molecule has 0 saturated carbocycles. The Morgan fingerprint density at radius 1 is 1.08 bits per heavy atom. The van der Waals surface area contributed by atoms with Crippen molar-refractivity contribution in [2.24, 2.45) is 0 Å². The van der Waals surface area contributed by atoms with Gasteiger partial charge in [0.25, 0.3) is 0 Å². The quantitative estimate of drug-likeness (QED) is 0.621. The Morgan fingerprint density at radius 2 is 1.77 bits per heavy atom. The Bertz CT molecular complexity index is 954. The van der Waals surface area contributed by atoms with Gasteiger partial charge >= 0.3 is 0 Å². The standard InChI is InChI=1S/C19H20ClN3O2S/c1-22(11-12-26(24,25)19-9-7-17(20)8-10-19)14-16-13-21-23(15-16)18-5-3-2-4-6-18/h2-10,13,15H,11-12,14H2,1H3. The van der Waals surface area contributed by atoms with E-state index >= 15 is 0 Å². The van der Waals surface area contributed by atoms with Gasteiger partial charge in [-0.05, 0) is 43.4 Å². The molecule has 0 aliphatic heterocycles. The molecule has 136 valence electrons. The maximum absolute atomic E-state index is 12.4. The zero-order valence-corrected chi connectivity index (χ0v) is 16.0. The summed E-state index contributed by atoms with van der Waals surface area (Å²) in [5.41, 5.74) is 2.02. The summed E-state index contributed by atoms with van der Waals surface area (Å²) in [6.07, 6.45) is 3.76. The van der Waals surface area contributed by atoms with E-state index in [9.17, 15) is 8.42 Å². The fourth-order valence-corrected chi connectivity index (χ4v) is 4.05. The second-order valence-corrected chi connectivity index (χ2v) is 8.68. The van der Waals surface area contributed by atoms with Crippen LogP contribution in [0.4, 0.5) is 0 Å². The molecule has 0 atom stereocenters. The molecule has 26 heavy (non-hydrogen) atoms. The van der Waals surface area contributed by atoms with E-state index < -0.39 is 9.84 Å². The minimum atomic E-state index is -3.32. The van der Waals surface area contributed by atoms with E-state index in [1.165, 1.54) is 0 Å². The van der Waals surface area contributed by atoms with Gasteiger partial charge in [-0.15, -0.1) is 0 Å². The molecule has 5 nitrogen and oxygen atoms in total. The Balaban J connectivity index is 1.58. The predicted molar refractivity (Wildman–Crippen MR) is 103 cm³/mol. The van der Waals surface area contributed by atoms with Crippen molar-refractivity contribution in [1.82, 2.24) is 14.7 Å². The normalized spacial score (nSPS) is 11.8. The van der Waals surface area contributed by atoms with Crippen LogP contribution in [0.1, 0.15) is 5.56 Å². The molecule has 0 N–H and O–H groups in total. The summed E-state index contributed by atoms with van der Waals surface area (Å²) in [4.78, 5) is 2.27. The van der Waals surface area contributed by atoms with Gasteiger partial charge in [-0.1, -0.05) is 29.8 Å². The van der Waals surface area contributed by atoms with Gasteiger partial charge in [0.15, 0.2) is 9.84 Å². The third-order valence-electron chi connectivity index (χ3n) is 4.02. The lowest BCUT2D eigenvalue weighted by molar-refractivity contribution is 0.346. The second-order valence-electron chi connectivity index (χ2n) is 6.14. The Hall–Kier alpha value is -2.15. The first-order chi connectivity index (χ1) is 12.4. The Labute approximate surface area is 158 Å². The molecule has 0 spiro atoms. The molecule has 0 saturated heterocycles. The van der Waals surface area contributed by atoms with Gasteiger partial charge < -0.3 is 4.90 Å².